The summed E-state index contributed by atoms with van der Waals surface area (Å²) in [6, 6.07) is 10.6. The minimum atomic E-state index is -0.146. The molecule has 3 N–H and O–H groups in total. The molecule has 5 nitrogen and oxygen atoms in total. The van der Waals surface area contributed by atoms with Gasteiger partial charge in [0.2, 0.25) is 0 Å². The van der Waals surface area contributed by atoms with Crippen LogP contribution in [0.2, 0.25) is 0 Å². The Morgan fingerprint density at radius 2 is 1.79 bits per heavy atom. The molecular weight excluding hydrogens is 304 g/mol. The lowest BCUT2D eigenvalue weighted by atomic mass is 10.0. The van der Waals surface area contributed by atoms with Crippen LogP contribution in [0.25, 0.3) is 0 Å². The van der Waals surface area contributed by atoms with Crippen molar-refractivity contribution in [2.45, 2.75) is 19.9 Å². The first kappa shape index (κ1) is 16.3. The van der Waals surface area contributed by atoms with Gasteiger partial charge in [-0.2, -0.15) is 0 Å². The molecular formula is C19H22N2O3. The van der Waals surface area contributed by atoms with Gasteiger partial charge in [0.15, 0.2) is 11.5 Å². The van der Waals surface area contributed by atoms with Crippen LogP contribution >= 0.6 is 0 Å². The van der Waals surface area contributed by atoms with E-state index in [9.17, 15) is 15.0 Å². The van der Waals surface area contributed by atoms with Crippen molar-refractivity contribution >= 4 is 5.91 Å². The van der Waals surface area contributed by atoms with Gasteiger partial charge in [0.05, 0.1) is 6.04 Å². The van der Waals surface area contributed by atoms with Gasteiger partial charge in [0.25, 0.3) is 5.91 Å². The number of aromatic hydroxyl groups is 2. The fraction of sp³-hybridized carbons (Fsp3) is 0.316. The number of carbonyl (C=O) groups is 1. The number of aryl methyl sites for hydroxylation is 2. The van der Waals surface area contributed by atoms with Gasteiger partial charge in [-0.25, -0.2) is 0 Å². The second-order valence-corrected chi connectivity index (χ2v) is 6.38. The summed E-state index contributed by atoms with van der Waals surface area (Å²) in [5.41, 5.74) is 3.71. The number of benzene rings is 2. The highest BCUT2D eigenvalue weighted by molar-refractivity contribution is 5.94. The van der Waals surface area contributed by atoms with Crippen molar-refractivity contribution in [2.24, 2.45) is 0 Å². The van der Waals surface area contributed by atoms with E-state index >= 15 is 0 Å². The molecule has 2 aromatic carbocycles. The molecule has 1 saturated heterocycles. The molecule has 24 heavy (non-hydrogen) atoms. The summed E-state index contributed by atoms with van der Waals surface area (Å²) in [4.78, 5) is 14.6. The van der Waals surface area contributed by atoms with Crippen LogP contribution in [0.4, 0.5) is 0 Å². The van der Waals surface area contributed by atoms with Crippen LogP contribution in [0.15, 0.2) is 36.4 Å². The van der Waals surface area contributed by atoms with E-state index < -0.39 is 0 Å². The van der Waals surface area contributed by atoms with Crippen molar-refractivity contribution in [1.29, 1.82) is 0 Å². The zero-order valence-corrected chi connectivity index (χ0v) is 13.9. The summed E-state index contributed by atoms with van der Waals surface area (Å²) in [6.07, 6.45) is 0. The number of hydrogen-bond acceptors (Lipinski definition) is 4. The van der Waals surface area contributed by atoms with E-state index in [0.29, 0.717) is 25.2 Å². The molecule has 0 aliphatic carbocycles. The zero-order valence-electron chi connectivity index (χ0n) is 13.9. The van der Waals surface area contributed by atoms with Crippen molar-refractivity contribution < 1.29 is 15.0 Å². The van der Waals surface area contributed by atoms with Crippen LogP contribution in [0.3, 0.4) is 0 Å². The molecule has 0 aromatic heterocycles. The Hall–Kier alpha value is -2.53. The third-order valence-corrected chi connectivity index (χ3v) is 4.33. The standard InChI is InChI=1S/C19H22N2O3/c1-12-7-13(2)9-15(8-12)19(24)21-6-5-20-16(11-21)14-3-4-17(22)18(23)10-14/h3-4,7-10,16,20,22-23H,5-6,11H2,1-2H3. The van der Waals surface area contributed by atoms with E-state index in [1.54, 1.807) is 6.07 Å². The Labute approximate surface area is 141 Å². The molecule has 0 saturated carbocycles. The van der Waals surface area contributed by atoms with Crippen LogP contribution in [0.5, 0.6) is 11.5 Å². The number of nitrogens with one attached hydrogen (secondary N) is 1. The third kappa shape index (κ3) is 3.36. The molecule has 3 rings (SSSR count). The lowest BCUT2D eigenvalue weighted by Crippen LogP contribution is -2.48. The van der Waals surface area contributed by atoms with Gasteiger partial charge in [-0.3, -0.25) is 4.79 Å². The highest BCUT2D eigenvalue weighted by atomic mass is 16.3. The smallest absolute Gasteiger partial charge is 0.253 e. The Balaban J connectivity index is 1.79. The maximum Gasteiger partial charge on any atom is 0.253 e. The molecule has 1 fully saturated rings. The van der Waals surface area contributed by atoms with Gasteiger partial charge in [-0.1, -0.05) is 23.3 Å². The van der Waals surface area contributed by atoms with E-state index in [4.69, 9.17) is 0 Å². The first-order valence-corrected chi connectivity index (χ1v) is 8.07. The molecule has 5 heteroatoms. The van der Waals surface area contributed by atoms with Crippen LogP contribution in [0, 0.1) is 13.8 Å². The summed E-state index contributed by atoms with van der Waals surface area (Å²) >= 11 is 0. The number of amides is 1. The van der Waals surface area contributed by atoms with Gasteiger partial charge in [-0.15, -0.1) is 0 Å². The highest BCUT2D eigenvalue weighted by Gasteiger charge is 2.25. The number of rotatable bonds is 2. The first-order valence-electron chi connectivity index (χ1n) is 8.07. The predicted molar refractivity (Wildman–Crippen MR) is 92.3 cm³/mol. The Morgan fingerprint density at radius 1 is 1.08 bits per heavy atom. The molecule has 0 radical (unpaired) electrons. The van der Waals surface area contributed by atoms with Gasteiger partial charge in [-0.05, 0) is 43.7 Å². The van der Waals surface area contributed by atoms with E-state index in [0.717, 1.165) is 16.7 Å². The predicted octanol–water partition coefficient (Wildman–Crippen LogP) is 2.50. The molecule has 1 aliphatic rings. The molecule has 1 aliphatic heterocycles. The van der Waals surface area contributed by atoms with Gasteiger partial charge in [0.1, 0.15) is 0 Å². The maximum absolute atomic E-state index is 12.8. The quantitative estimate of drug-likeness (QED) is 0.742. The minimum Gasteiger partial charge on any atom is -0.504 e. The molecule has 2 aromatic rings. The van der Waals surface area contributed by atoms with Gasteiger partial charge in [0, 0.05) is 25.2 Å². The summed E-state index contributed by atoms with van der Waals surface area (Å²) in [5, 5.41) is 22.5. The largest absolute Gasteiger partial charge is 0.504 e. The number of nitrogens with zero attached hydrogens (tertiary/aromatic N) is 1. The molecule has 0 spiro atoms. The Bertz CT molecular complexity index is 753. The first-order chi connectivity index (χ1) is 11.4. The fourth-order valence-electron chi connectivity index (χ4n) is 3.20. The highest BCUT2D eigenvalue weighted by Crippen LogP contribution is 2.29. The van der Waals surface area contributed by atoms with Crippen molar-refractivity contribution in [1.82, 2.24) is 10.2 Å². The maximum atomic E-state index is 12.8. The third-order valence-electron chi connectivity index (χ3n) is 4.33. The van der Waals surface area contributed by atoms with Crippen LogP contribution < -0.4 is 5.32 Å². The van der Waals surface area contributed by atoms with E-state index in [1.807, 2.05) is 30.9 Å². The van der Waals surface area contributed by atoms with Crippen molar-refractivity contribution in [3.05, 3.63) is 58.7 Å². The van der Waals surface area contributed by atoms with Crippen LogP contribution in [-0.4, -0.2) is 40.7 Å². The Morgan fingerprint density at radius 3 is 2.46 bits per heavy atom. The van der Waals surface area contributed by atoms with Crippen molar-refractivity contribution in [3.8, 4) is 11.5 Å². The monoisotopic (exact) mass is 326 g/mol. The van der Waals surface area contributed by atoms with Gasteiger partial charge < -0.3 is 20.4 Å². The lowest BCUT2D eigenvalue weighted by Gasteiger charge is -2.34. The molecule has 1 unspecified atom stereocenters. The molecule has 1 atom stereocenters. The molecule has 1 amide bonds. The summed E-state index contributed by atoms with van der Waals surface area (Å²) in [7, 11) is 0. The van der Waals surface area contributed by atoms with Crippen LogP contribution in [-0.2, 0) is 0 Å². The Kier molecular flexibility index (Phi) is 4.44. The second kappa shape index (κ2) is 6.53. The van der Waals surface area contributed by atoms with E-state index in [1.165, 1.54) is 12.1 Å². The molecule has 0 bridgehead atoms. The number of hydrogen-bond donors (Lipinski definition) is 3. The summed E-state index contributed by atoms with van der Waals surface area (Å²) < 4.78 is 0. The summed E-state index contributed by atoms with van der Waals surface area (Å²) in [6.45, 7) is 5.83. The average molecular weight is 326 g/mol. The molecule has 126 valence electrons. The fourth-order valence-corrected chi connectivity index (χ4v) is 3.20. The number of phenols is 2. The van der Waals surface area contributed by atoms with Crippen LogP contribution in [0.1, 0.15) is 33.1 Å². The van der Waals surface area contributed by atoms with E-state index in [-0.39, 0.29) is 23.4 Å². The number of piperazine rings is 1. The average Bonchev–Trinajstić information content (AvgIpc) is 2.56. The van der Waals surface area contributed by atoms with E-state index in [2.05, 4.69) is 11.4 Å². The van der Waals surface area contributed by atoms with Crippen molar-refractivity contribution in [2.75, 3.05) is 19.6 Å². The van der Waals surface area contributed by atoms with Gasteiger partial charge >= 0.3 is 0 Å². The molecule has 1 heterocycles. The normalized spacial score (nSPS) is 17.8. The SMILES string of the molecule is Cc1cc(C)cc(C(=O)N2CCNC(c3ccc(O)c(O)c3)C2)c1. The summed E-state index contributed by atoms with van der Waals surface area (Å²) in [5.74, 6) is -0.263. The minimum absolute atomic E-state index is 0.0244. The zero-order chi connectivity index (χ0) is 17.3. The second-order valence-electron chi connectivity index (χ2n) is 6.38. The topological polar surface area (TPSA) is 72.8 Å². The number of phenolic OH excluding ortho intramolecular Hbond substituents is 2. The lowest BCUT2D eigenvalue weighted by molar-refractivity contribution is 0.0702. The number of carbonyl (C=O) groups excluding carboxylic acids is 1. The van der Waals surface area contributed by atoms with Crippen molar-refractivity contribution in [3.63, 3.8) is 0 Å².